The molecule has 1 spiro atoms. The van der Waals surface area contributed by atoms with E-state index in [1.54, 1.807) is 0 Å². The molecule has 2 saturated heterocycles. The van der Waals surface area contributed by atoms with Crippen LogP contribution in [0.25, 0.3) is 0 Å². The van der Waals surface area contributed by atoms with Gasteiger partial charge in [0.05, 0.1) is 17.6 Å². The molecular weight excluding hydrogens is 224 g/mol. The third-order valence-corrected chi connectivity index (χ3v) is 4.33. The fourth-order valence-electron chi connectivity index (χ4n) is 3.04. The van der Waals surface area contributed by atoms with Crippen molar-refractivity contribution in [3.63, 3.8) is 0 Å². The summed E-state index contributed by atoms with van der Waals surface area (Å²) in [7, 11) is 0. The average Bonchev–Trinajstić information content (AvgIpc) is 2.38. The van der Waals surface area contributed by atoms with Crippen molar-refractivity contribution in [2.45, 2.75) is 19.8 Å². The Morgan fingerprint density at radius 1 is 1.39 bits per heavy atom. The highest BCUT2D eigenvalue weighted by Gasteiger charge is 2.39. The lowest BCUT2D eigenvalue weighted by molar-refractivity contribution is 0.126. The molecule has 3 rings (SSSR count). The highest BCUT2D eigenvalue weighted by molar-refractivity contribution is 5.68. The quantitative estimate of drug-likeness (QED) is 0.851. The molecule has 0 radical (unpaired) electrons. The lowest BCUT2D eigenvalue weighted by Gasteiger charge is -2.49. The molecule has 0 atom stereocenters. The van der Waals surface area contributed by atoms with Gasteiger partial charge in [-0.2, -0.15) is 0 Å². The molecule has 4 heteroatoms. The van der Waals surface area contributed by atoms with Crippen molar-refractivity contribution in [1.29, 1.82) is 0 Å². The van der Waals surface area contributed by atoms with Crippen molar-refractivity contribution in [2.24, 2.45) is 5.41 Å². The Hall–Kier alpha value is -1.29. The molecule has 1 aromatic heterocycles. The van der Waals surface area contributed by atoms with Crippen molar-refractivity contribution in [1.82, 2.24) is 10.3 Å². The summed E-state index contributed by atoms with van der Waals surface area (Å²) < 4.78 is 0. The molecule has 4 nitrogen and oxygen atoms in total. The van der Waals surface area contributed by atoms with Crippen LogP contribution in [0.1, 0.15) is 19.8 Å². The first-order valence-electron chi connectivity index (χ1n) is 6.97. The minimum atomic E-state index is 0.613. The fraction of sp³-hybridized carbons (Fsp3) is 0.643. The van der Waals surface area contributed by atoms with E-state index in [-0.39, 0.29) is 0 Å². The van der Waals surface area contributed by atoms with Crippen LogP contribution >= 0.6 is 0 Å². The number of nitrogens with zero attached hydrogens (tertiary/aromatic N) is 2. The van der Waals surface area contributed by atoms with E-state index in [1.165, 1.54) is 50.4 Å². The molecule has 0 saturated carbocycles. The van der Waals surface area contributed by atoms with Crippen LogP contribution in [0.15, 0.2) is 18.5 Å². The van der Waals surface area contributed by atoms with Gasteiger partial charge in [0.2, 0.25) is 0 Å². The zero-order valence-electron chi connectivity index (χ0n) is 11.1. The maximum absolute atomic E-state index is 4.22. The van der Waals surface area contributed by atoms with Crippen molar-refractivity contribution < 1.29 is 0 Å². The Morgan fingerprint density at radius 2 is 2.17 bits per heavy atom. The summed E-state index contributed by atoms with van der Waals surface area (Å²) in [4.78, 5) is 6.72. The van der Waals surface area contributed by atoms with Crippen LogP contribution in [0, 0.1) is 5.41 Å². The van der Waals surface area contributed by atoms with E-state index in [4.69, 9.17) is 0 Å². The van der Waals surface area contributed by atoms with E-state index < -0.39 is 0 Å². The molecule has 18 heavy (non-hydrogen) atoms. The largest absolute Gasteiger partial charge is 0.382 e. The van der Waals surface area contributed by atoms with Gasteiger partial charge in [-0.15, -0.1) is 0 Å². The first kappa shape index (κ1) is 11.8. The third-order valence-electron chi connectivity index (χ3n) is 4.33. The average molecular weight is 246 g/mol. The zero-order valence-corrected chi connectivity index (χ0v) is 11.1. The Bertz CT molecular complexity index is 404. The van der Waals surface area contributed by atoms with E-state index in [1.807, 2.05) is 12.4 Å². The highest BCUT2D eigenvalue weighted by atomic mass is 15.2. The van der Waals surface area contributed by atoms with Crippen LogP contribution in [0.2, 0.25) is 0 Å². The summed E-state index contributed by atoms with van der Waals surface area (Å²) >= 11 is 0. The molecule has 2 N–H and O–H groups in total. The van der Waals surface area contributed by atoms with Crippen LogP contribution in [-0.4, -0.2) is 37.7 Å². The normalized spacial score (nSPS) is 21.7. The molecule has 98 valence electrons. The summed E-state index contributed by atoms with van der Waals surface area (Å²) in [5, 5.41) is 6.82. The molecule has 3 heterocycles. The smallest absolute Gasteiger partial charge is 0.0764 e. The van der Waals surface area contributed by atoms with Crippen LogP contribution in [0.3, 0.4) is 0 Å². The van der Waals surface area contributed by atoms with Crippen LogP contribution in [0.5, 0.6) is 0 Å². The zero-order chi connectivity index (χ0) is 12.4. The number of hydrogen-bond donors (Lipinski definition) is 2. The van der Waals surface area contributed by atoms with Gasteiger partial charge in [0, 0.05) is 38.9 Å². The molecule has 0 aliphatic carbocycles. The summed E-state index contributed by atoms with van der Waals surface area (Å²) in [6, 6.07) is 2.13. The number of rotatable bonds is 3. The first-order valence-corrected chi connectivity index (χ1v) is 6.97. The first-order chi connectivity index (χ1) is 8.83. The van der Waals surface area contributed by atoms with Gasteiger partial charge in [-0.1, -0.05) is 0 Å². The van der Waals surface area contributed by atoms with Gasteiger partial charge in [-0.25, -0.2) is 0 Å². The van der Waals surface area contributed by atoms with Gasteiger partial charge in [0.1, 0.15) is 0 Å². The lowest BCUT2D eigenvalue weighted by atomic mass is 9.73. The minimum Gasteiger partial charge on any atom is -0.382 e. The number of hydrogen-bond acceptors (Lipinski definition) is 4. The monoisotopic (exact) mass is 246 g/mol. The number of piperidine rings is 1. The molecule has 0 bridgehead atoms. The summed E-state index contributed by atoms with van der Waals surface area (Å²) in [6.45, 7) is 7.85. The Balaban J connectivity index is 1.71. The molecule has 0 unspecified atom stereocenters. The van der Waals surface area contributed by atoms with Gasteiger partial charge in [-0.3, -0.25) is 4.98 Å². The predicted molar refractivity (Wildman–Crippen MR) is 75.2 cm³/mol. The second-order valence-corrected chi connectivity index (χ2v) is 5.51. The summed E-state index contributed by atoms with van der Waals surface area (Å²) in [5.41, 5.74) is 3.10. The number of nitrogens with one attached hydrogen (secondary N) is 2. The number of anilines is 2. The van der Waals surface area contributed by atoms with E-state index in [0.29, 0.717) is 5.41 Å². The van der Waals surface area contributed by atoms with E-state index in [2.05, 4.69) is 33.5 Å². The third kappa shape index (κ3) is 2.05. The maximum atomic E-state index is 4.22. The molecule has 2 aliphatic rings. The van der Waals surface area contributed by atoms with Gasteiger partial charge in [-0.05, 0) is 31.2 Å². The topological polar surface area (TPSA) is 40.2 Å². The van der Waals surface area contributed by atoms with Gasteiger partial charge in [0.15, 0.2) is 0 Å². The minimum absolute atomic E-state index is 0.613. The molecule has 2 aliphatic heterocycles. The van der Waals surface area contributed by atoms with Crippen molar-refractivity contribution in [2.75, 3.05) is 42.9 Å². The molecule has 2 fully saturated rings. The molecule has 1 aromatic rings. The van der Waals surface area contributed by atoms with Gasteiger partial charge in [0.25, 0.3) is 0 Å². The second kappa shape index (κ2) is 4.76. The Kier molecular flexibility index (Phi) is 3.12. The van der Waals surface area contributed by atoms with Crippen LogP contribution < -0.4 is 15.5 Å². The van der Waals surface area contributed by atoms with E-state index in [0.717, 1.165) is 6.54 Å². The second-order valence-electron chi connectivity index (χ2n) is 5.51. The Labute approximate surface area is 109 Å². The predicted octanol–water partition coefficient (Wildman–Crippen LogP) is 1.70. The lowest BCUT2D eigenvalue weighted by Crippen LogP contribution is -2.58. The summed E-state index contributed by atoms with van der Waals surface area (Å²) in [6.07, 6.45) is 6.46. The van der Waals surface area contributed by atoms with Crippen LogP contribution in [0.4, 0.5) is 11.4 Å². The summed E-state index contributed by atoms with van der Waals surface area (Å²) in [5.74, 6) is 0. The number of aromatic nitrogens is 1. The molecular formula is C14H22N4. The van der Waals surface area contributed by atoms with Crippen molar-refractivity contribution in [3.8, 4) is 0 Å². The van der Waals surface area contributed by atoms with Gasteiger partial charge >= 0.3 is 0 Å². The van der Waals surface area contributed by atoms with Crippen LogP contribution in [-0.2, 0) is 0 Å². The van der Waals surface area contributed by atoms with E-state index in [9.17, 15) is 0 Å². The molecule has 0 amide bonds. The SMILES string of the molecule is CCNc1cnccc1N1CCC2(CC1)CNC2. The van der Waals surface area contributed by atoms with Gasteiger partial charge < -0.3 is 15.5 Å². The Morgan fingerprint density at radius 3 is 2.78 bits per heavy atom. The number of pyridine rings is 1. The fourth-order valence-corrected chi connectivity index (χ4v) is 3.04. The standard InChI is InChI=1S/C14H22N4/c1-2-17-12-9-15-6-3-13(12)18-7-4-14(5-8-18)10-16-11-14/h3,6,9,16-17H,2,4-5,7-8,10-11H2,1H3. The van der Waals surface area contributed by atoms with Crippen molar-refractivity contribution >= 4 is 11.4 Å². The maximum Gasteiger partial charge on any atom is 0.0764 e. The highest BCUT2D eigenvalue weighted by Crippen LogP contribution is 2.37. The molecule has 0 aromatic carbocycles. The van der Waals surface area contributed by atoms with Crippen molar-refractivity contribution in [3.05, 3.63) is 18.5 Å². The van der Waals surface area contributed by atoms with E-state index >= 15 is 0 Å².